The summed E-state index contributed by atoms with van der Waals surface area (Å²) >= 11 is 3.33. The van der Waals surface area contributed by atoms with Crippen LogP contribution in [0.5, 0.6) is 0 Å². The standard InChI is InChI=1S/C12H21BrN4O/c1-7(2)9(5-14)16-10-6-15-17(8(3)4)12(18)11(10)13/h6-9,16H,5,14H2,1-4H3. The van der Waals surface area contributed by atoms with Crippen LogP contribution in [0.2, 0.25) is 0 Å². The zero-order valence-electron chi connectivity index (χ0n) is 11.3. The Morgan fingerprint density at radius 3 is 2.50 bits per heavy atom. The summed E-state index contributed by atoms with van der Waals surface area (Å²) in [5.41, 5.74) is 6.27. The monoisotopic (exact) mass is 316 g/mol. The van der Waals surface area contributed by atoms with E-state index >= 15 is 0 Å². The molecule has 18 heavy (non-hydrogen) atoms. The van der Waals surface area contributed by atoms with Crippen molar-refractivity contribution in [2.24, 2.45) is 11.7 Å². The Morgan fingerprint density at radius 1 is 1.44 bits per heavy atom. The fraction of sp³-hybridized carbons (Fsp3) is 0.667. The molecule has 3 N–H and O–H groups in total. The maximum absolute atomic E-state index is 12.1. The number of nitrogens with zero attached hydrogens (tertiary/aromatic N) is 2. The van der Waals surface area contributed by atoms with Crippen LogP contribution >= 0.6 is 15.9 Å². The van der Waals surface area contributed by atoms with Crippen molar-refractivity contribution in [3.05, 3.63) is 21.0 Å². The van der Waals surface area contributed by atoms with Crippen molar-refractivity contribution in [3.8, 4) is 0 Å². The molecule has 5 nitrogen and oxygen atoms in total. The maximum Gasteiger partial charge on any atom is 0.283 e. The van der Waals surface area contributed by atoms with E-state index in [1.165, 1.54) is 4.68 Å². The molecule has 1 heterocycles. The van der Waals surface area contributed by atoms with Gasteiger partial charge in [-0.1, -0.05) is 13.8 Å². The minimum atomic E-state index is -0.130. The fourth-order valence-corrected chi connectivity index (χ4v) is 2.01. The predicted octanol–water partition coefficient (Wildman–Crippen LogP) is 1.98. The van der Waals surface area contributed by atoms with Gasteiger partial charge in [0.05, 0.1) is 17.9 Å². The van der Waals surface area contributed by atoms with Crippen molar-refractivity contribution >= 4 is 21.6 Å². The average Bonchev–Trinajstić information content (AvgIpc) is 2.30. The SMILES string of the molecule is CC(C)C(CN)Nc1cnn(C(C)C)c(=O)c1Br. The van der Waals surface area contributed by atoms with Gasteiger partial charge < -0.3 is 11.1 Å². The van der Waals surface area contributed by atoms with Gasteiger partial charge in [-0.25, -0.2) is 4.68 Å². The summed E-state index contributed by atoms with van der Waals surface area (Å²) in [6.07, 6.45) is 1.66. The molecule has 0 saturated carbocycles. The van der Waals surface area contributed by atoms with Crippen molar-refractivity contribution < 1.29 is 0 Å². The summed E-state index contributed by atoms with van der Waals surface area (Å²) in [5, 5.41) is 7.41. The Labute approximate surface area is 116 Å². The number of hydrogen-bond acceptors (Lipinski definition) is 4. The fourth-order valence-electron chi connectivity index (χ4n) is 1.61. The lowest BCUT2D eigenvalue weighted by Gasteiger charge is -2.22. The van der Waals surface area contributed by atoms with E-state index < -0.39 is 0 Å². The highest BCUT2D eigenvalue weighted by molar-refractivity contribution is 9.10. The molecule has 0 spiro atoms. The molecule has 0 aliphatic heterocycles. The molecule has 1 unspecified atom stereocenters. The van der Waals surface area contributed by atoms with Gasteiger partial charge in [0.25, 0.3) is 5.56 Å². The van der Waals surface area contributed by atoms with E-state index in [1.807, 2.05) is 13.8 Å². The Bertz CT molecular complexity index is 456. The highest BCUT2D eigenvalue weighted by Gasteiger charge is 2.16. The van der Waals surface area contributed by atoms with Crippen LogP contribution in [0.1, 0.15) is 33.7 Å². The van der Waals surface area contributed by atoms with E-state index in [2.05, 4.69) is 40.2 Å². The lowest BCUT2D eigenvalue weighted by Crippen LogP contribution is -2.35. The van der Waals surface area contributed by atoms with Gasteiger partial charge in [0, 0.05) is 12.6 Å². The molecular formula is C12H21BrN4O. The Hall–Kier alpha value is -0.880. The third-order valence-corrected chi connectivity index (χ3v) is 3.60. The third kappa shape index (κ3) is 3.32. The number of nitrogens with two attached hydrogens (primary N) is 1. The van der Waals surface area contributed by atoms with Crippen LogP contribution in [-0.4, -0.2) is 22.4 Å². The summed E-state index contributed by atoms with van der Waals surface area (Å²) in [4.78, 5) is 12.1. The van der Waals surface area contributed by atoms with Gasteiger partial charge >= 0.3 is 0 Å². The van der Waals surface area contributed by atoms with Crippen molar-refractivity contribution in [1.29, 1.82) is 0 Å². The first-order valence-corrected chi connectivity index (χ1v) is 6.91. The molecule has 0 fully saturated rings. The first-order valence-electron chi connectivity index (χ1n) is 6.12. The van der Waals surface area contributed by atoms with Crippen molar-refractivity contribution in [3.63, 3.8) is 0 Å². The number of halogens is 1. The molecule has 1 rings (SSSR count). The molecule has 0 aromatic carbocycles. The van der Waals surface area contributed by atoms with E-state index in [-0.39, 0.29) is 17.6 Å². The second-order valence-electron chi connectivity index (χ2n) is 4.95. The second kappa shape index (κ2) is 6.33. The van der Waals surface area contributed by atoms with Crippen LogP contribution in [0.15, 0.2) is 15.5 Å². The van der Waals surface area contributed by atoms with E-state index in [0.29, 0.717) is 22.6 Å². The lowest BCUT2D eigenvalue weighted by molar-refractivity contribution is 0.498. The number of rotatable bonds is 5. The highest BCUT2D eigenvalue weighted by Crippen LogP contribution is 2.19. The average molecular weight is 317 g/mol. The number of nitrogens with one attached hydrogen (secondary N) is 1. The second-order valence-corrected chi connectivity index (χ2v) is 5.74. The molecule has 0 amide bonds. The van der Waals surface area contributed by atoms with Crippen LogP contribution < -0.4 is 16.6 Å². The third-order valence-electron chi connectivity index (χ3n) is 2.83. The molecule has 6 heteroatoms. The largest absolute Gasteiger partial charge is 0.378 e. The van der Waals surface area contributed by atoms with Gasteiger partial charge in [0.2, 0.25) is 0 Å². The topological polar surface area (TPSA) is 72.9 Å². The summed E-state index contributed by atoms with van der Waals surface area (Å²) in [6, 6.07) is 0.163. The van der Waals surface area contributed by atoms with Gasteiger partial charge in [0.1, 0.15) is 4.47 Å². The summed E-state index contributed by atoms with van der Waals surface area (Å²) in [5.74, 6) is 0.384. The molecule has 1 aromatic rings. The first kappa shape index (κ1) is 15.2. The molecule has 0 aliphatic carbocycles. The van der Waals surface area contributed by atoms with Crippen LogP contribution in [0.4, 0.5) is 5.69 Å². The summed E-state index contributed by atoms with van der Waals surface area (Å²) < 4.78 is 1.95. The zero-order valence-corrected chi connectivity index (χ0v) is 12.9. The Kier molecular flexibility index (Phi) is 5.34. The molecule has 0 aliphatic rings. The van der Waals surface area contributed by atoms with Crippen molar-refractivity contribution in [1.82, 2.24) is 9.78 Å². The maximum atomic E-state index is 12.1. The van der Waals surface area contributed by atoms with Gasteiger partial charge in [-0.2, -0.15) is 5.10 Å². The Morgan fingerprint density at radius 2 is 2.06 bits per heavy atom. The van der Waals surface area contributed by atoms with Crippen LogP contribution in [-0.2, 0) is 0 Å². The van der Waals surface area contributed by atoms with Crippen molar-refractivity contribution in [2.45, 2.75) is 39.8 Å². The summed E-state index contributed by atoms with van der Waals surface area (Å²) in [6.45, 7) is 8.52. The molecular weight excluding hydrogens is 296 g/mol. The zero-order chi connectivity index (χ0) is 13.9. The Balaban J connectivity index is 3.06. The van der Waals surface area contributed by atoms with Gasteiger partial charge in [-0.15, -0.1) is 0 Å². The molecule has 0 bridgehead atoms. The van der Waals surface area contributed by atoms with Gasteiger partial charge in [-0.05, 0) is 35.7 Å². The van der Waals surface area contributed by atoms with Crippen LogP contribution in [0.3, 0.4) is 0 Å². The number of aromatic nitrogens is 2. The van der Waals surface area contributed by atoms with Crippen LogP contribution in [0, 0.1) is 5.92 Å². The van der Waals surface area contributed by atoms with Gasteiger partial charge in [-0.3, -0.25) is 4.79 Å². The van der Waals surface area contributed by atoms with Crippen molar-refractivity contribution in [2.75, 3.05) is 11.9 Å². The molecule has 0 saturated heterocycles. The number of hydrogen-bond donors (Lipinski definition) is 2. The minimum Gasteiger partial charge on any atom is -0.378 e. The number of anilines is 1. The minimum absolute atomic E-state index is 0.0401. The molecule has 102 valence electrons. The highest BCUT2D eigenvalue weighted by atomic mass is 79.9. The molecule has 0 radical (unpaired) electrons. The normalized spacial score (nSPS) is 13.1. The first-order chi connectivity index (χ1) is 8.38. The predicted molar refractivity (Wildman–Crippen MR) is 77.9 cm³/mol. The van der Waals surface area contributed by atoms with Gasteiger partial charge in [0.15, 0.2) is 0 Å². The molecule has 1 aromatic heterocycles. The molecule has 1 atom stereocenters. The van der Waals surface area contributed by atoms with Crippen LogP contribution in [0.25, 0.3) is 0 Å². The lowest BCUT2D eigenvalue weighted by atomic mass is 10.0. The summed E-state index contributed by atoms with van der Waals surface area (Å²) in [7, 11) is 0. The van der Waals surface area contributed by atoms with E-state index in [1.54, 1.807) is 6.20 Å². The van der Waals surface area contributed by atoms with E-state index in [9.17, 15) is 4.79 Å². The van der Waals surface area contributed by atoms with E-state index in [0.717, 1.165) is 0 Å². The smallest absolute Gasteiger partial charge is 0.283 e. The quantitative estimate of drug-likeness (QED) is 0.871. The van der Waals surface area contributed by atoms with E-state index in [4.69, 9.17) is 5.73 Å².